The molecule has 0 aliphatic rings. The van der Waals surface area contributed by atoms with Crippen molar-refractivity contribution in [1.29, 1.82) is 0 Å². The van der Waals surface area contributed by atoms with Gasteiger partial charge in [-0.3, -0.25) is 4.79 Å². The molecule has 0 fully saturated rings. The number of hydrogen-bond acceptors (Lipinski definition) is 2. The Kier molecular flexibility index (Phi) is 3.31. The highest BCUT2D eigenvalue weighted by Gasteiger charge is 2.32. The zero-order valence-electron chi connectivity index (χ0n) is 5.90. The van der Waals surface area contributed by atoms with Crippen molar-refractivity contribution in [3.05, 3.63) is 0 Å². The number of hydrogen-bond donors (Lipinski definition) is 2. The molecule has 0 aliphatic heterocycles. The van der Waals surface area contributed by atoms with Crippen LogP contribution in [0, 0.1) is 0 Å². The Morgan fingerprint density at radius 1 is 1.64 bits per heavy atom. The van der Waals surface area contributed by atoms with E-state index in [1.165, 1.54) is 7.05 Å². The van der Waals surface area contributed by atoms with Crippen LogP contribution in [0.1, 0.15) is 6.42 Å². The van der Waals surface area contributed by atoms with Crippen molar-refractivity contribution in [1.82, 2.24) is 5.32 Å². The summed E-state index contributed by atoms with van der Waals surface area (Å²) in [6.07, 6.45) is -5.67. The van der Waals surface area contributed by atoms with Gasteiger partial charge in [-0.1, -0.05) is 0 Å². The molecule has 0 aromatic rings. The van der Waals surface area contributed by atoms with Crippen LogP contribution < -0.4 is 11.1 Å². The Morgan fingerprint density at radius 2 is 2.09 bits per heavy atom. The molecule has 11 heavy (non-hydrogen) atoms. The Morgan fingerprint density at radius 3 is 2.36 bits per heavy atom. The molecule has 0 heterocycles. The minimum Gasteiger partial charge on any atom is -0.358 e. The topological polar surface area (TPSA) is 55.1 Å². The Labute approximate surface area is 61.7 Å². The number of rotatable bonds is 2. The first-order valence-electron chi connectivity index (χ1n) is 2.90. The lowest BCUT2D eigenvalue weighted by atomic mass is 10.2. The summed E-state index contributed by atoms with van der Waals surface area (Å²) in [5, 5.41) is 2.02. The second-order valence-electron chi connectivity index (χ2n) is 2.04. The van der Waals surface area contributed by atoms with E-state index in [1.807, 2.05) is 5.32 Å². The van der Waals surface area contributed by atoms with Gasteiger partial charge in [-0.2, -0.15) is 13.2 Å². The van der Waals surface area contributed by atoms with E-state index >= 15 is 0 Å². The fourth-order valence-corrected chi connectivity index (χ4v) is 0.527. The molecule has 3 nitrogen and oxygen atoms in total. The molecule has 0 spiro atoms. The van der Waals surface area contributed by atoms with Crippen LogP contribution in [0.2, 0.25) is 0 Å². The average molecular weight is 170 g/mol. The van der Waals surface area contributed by atoms with E-state index in [0.717, 1.165) is 0 Å². The van der Waals surface area contributed by atoms with E-state index in [0.29, 0.717) is 0 Å². The van der Waals surface area contributed by atoms with E-state index in [2.05, 4.69) is 0 Å². The molecule has 6 heteroatoms. The summed E-state index contributed by atoms with van der Waals surface area (Å²) in [6.45, 7) is 0. The Bertz CT molecular complexity index is 145. The van der Waals surface area contributed by atoms with Gasteiger partial charge >= 0.3 is 6.18 Å². The third-order valence-electron chi connectivity index (χ3n) is 1.03. The maximum atomic E-state index is 11.5. The summed E-state index contributed by atoms with van der Waals surface area (Å²) < 4.78 is 34.6. The first-order chi connectivity index (χ1) is 4.87. The van der Waals surface area contributed by atoms with E-state index in [-0.39, 0.29) is 0 Å². The SMILES string of the molecule is CNC(=O)C(N)CC(F)(F)F. The van der Waals surface area contributed by atoms with Crippen molar-refractivity contribution in [2.75, 3.05) is 7.05 Å². The van der Waals surface area contributed by atoms with Crippen molar-refractivity contribution < 1.29 is 18.0 Å². The molecule has 0 bridgehead atoms. The molecule has 0 aliphatic carbocycles. The number of carbonyl (C=O) groups is 1. The molecule has 3 N–H and O–H groups in total. The van der Waals surface area contributed by atoms with Crippen molar-refractivity contribution in [2.24, 2.45) is 5.73 Å². The molecule has 1 atom stereocenters. The van der Waals surface area contributed by atoms with Gasteiger partial charge in [0.05, 0.1) is 12.5 Å². The number of halogens is 3. The average Bonchev–Trinajstić information content (AvgIpc) is 1.82. The zero-order chi connectivity index (χ0) is 9.07. The molecule has 0 saturated carbocycles. The summed E-state index contributed by atoms with van der Waals surface area (Å²) in [5.41, 5.74) is 4.88. The first kappa shape index (κ1) is 10.2. The van der Waals surface area contributed by atoms with E-state index < -0.39 is 24.5 Å². The lowest BCUT2D eigenvalue weighted by Gasteiger charge is -2.11. The van der Waals surface area contributed by atoms with Gasteiger partial charge in [0.2, 0.25) is 5.91 Å². The van der Waals surface area contributed by atoms with Crippen LogP contribution in [0.25, 0.3) is 0 Å². The summed E-state index contributed by atoms with van der Waals surface area (Å²) in [5.74, 6) is -0.803. The quantitative estimate of drug-likeness (QED) is 0.613. The fraction of sp³-hybridized carbons (Fsp3) is 0.800. The smallest absolute Gasteiger partial charge is 0.358 e. The normalized spacial score (nSPS) is 14.3. The van der Waals surface area contributed by atoms with Gasteiger partial charge in [0.25, 0.3) is 0 Å². The Balaban J connectivity index is 3.87. The highest BCUT2D eigenvalue weighted by molar-refractivity contribution is 5.81. The predicted octanol–water partition coefficient (Wildman–Crippen LogP) is 0.0121. The molecule has 0 saturated heterocycles. The molecule has 0 radical (unpaired) electrons. The molecule has 0 aromatic heterocycles. The van der Waals surface area contributed by atoms with E-state index in [9.17, 15) is 18.0 Å². The Hall–Kier alpha value is -0.780. The number of amides is 1. The van der Waals surface area contributed by atoms with Crippen LogP contribution in [0.5, 0.6) is 0 Å². The summed E-state index contributed by atoms with van der Waals surface area (Å²) in [4.78, 5) is 10.5. The lowest BCUT2D eigenvalue weighted by molar-refractivity contribution is -0.147. The number of nitrogens with two attached hydrogens (primary N) is 1. The van der Waals surface area contributed by atoms with Gasteiger partial charge in [-0.15, -0.1) is 0 Å². The van der Waals surface area contributed by atoms with Gasteiger partial charge in [0.15, 0.2) is 0 Å². The summed E-state index contributed by atoms with van der Waals surface area (Å²) in [7, 11) is 1.23. The predicted molar refractivity (Wildman–Crippen MR) is 32.7 cm³/mol. The van der Waals surface area contributed by atoms with Gasteiger partial charge < -0.3 is 11.1 Å². The summed E-state index contributed by atoms with van der Waals surface area (Å²) >= 11 is 0. The summed E-state index contributed by atoms with van der Waals surface area (Å²) in [6, 6.07) is -1.50. The second kappa shape index (κ2) is 3.56. The lowest BCUT2D eigenvalue weighted by Crippen LogP contribution is -2.41. The number of alkyl halides is 3. The highest BCUT2D eigenvalue weighted by Crippen LogP contribution is 2.20. The van der Waals surface area contributed by atoms with Crippen LogP contribution in [0.3, 0.4) is 0 Å². The van der Waals surface area contributed by atoms with Gasteiger partial charge in [0.1, 0.15) is 0 Å². The number of carbonyl (C=O) groups excluding carboxylic acids is 1. The molecular weight excluding hydrogens is 161 g/mol. The molecule has 66 valence electrons. The van der Waals surface area contributed by atoms with Crippen LogP contribution >= 0.6 is 0 Å². The van der Waals surface area contributed by atoms with Crippen LogP contribution in [0.4, 0.5) is 13.2 Å². The molecule has 1 amide bonds. The molecular formula is C5H9F3N2O. The maximum absolute atomic E-state index is 11.5. The maximum Gasteiger partial charge on any atom is 0.391 e. The highest BCUT2D eigenvalue weighted by atomic mass is 19.4. The molecule has 0 rings (SSSR count). The van der Waals surface area contributed by atoms with Crippen molar-refractivity contribution in [2.45, 2.75) is 18.6 Å². The number of likely N-dealkylation sites (N-methyl/N-ethyl adjacent to an activating group) is 1. The minimum absolute atomic E-state index is 0.803. The monoisotopic (exact) mass is 170 g/mol. The van der Waals surface area contributed by atoms with Gasteiger partial charge in [-0.25, -0.2) is 0 Å². The van der Waals surface area contributed by atoms with Crippen molar-refractivity contribution in [3.63, 3.8) is 0 Å². The standard InChI is InChI=1S/C5H9F3N2O/c1-10-4(11)3(9)2-5(6,7)8/h3H,2,9H2,1H3,(H,10,11). The zero-order valence-corrected chi connectivity index (χ0v) is 5.90. The minimum atomic E-state index is -4.38. The third kappa shape index (κ3) is 4.60. The van der Waals surface area contributed by atoms with Crippen molar-refractivity contribution >= 4 is 5.91 Å². The van der Waals surface area contributed by atoms with Crippen LogP contribution in [0.15, 0.2) is 0 Å². The molecule has 1 unspecified atom stereocenters. The van der Waals surface area contributed by atoms with Gasteiger partial charge in [-0.05, 0) is 0 Å². The largest absolute Gasteiger partial charge is 0.391 e. The molecule has 0 aromatic carbocycles. The first-order valence-corrected chi connectivity index (χ1v) is 2.90. The fourth-order valence-electron chi connectivity index (χ4n) is 0.527. The van der Waals surface area contributed by atoms with Gasteiger partial charge in [0, 0.05) is 7.05 Å². The van der Waals surface area contributed by atoms with E-state index in [4.69, 9.17) is 5.73 Å². The third-order valence-corrected chi connectivity index (χ3v) is 1.03. The van der Waals surface area contributed by atoms with Crippen LogP contribution in [-0.2, 0) is 4.79 Å². The number of nitrogens with one attached hydrogen (secondary N) is 1. The van der Waals surface area contributed by atoms with E-state index in [1.54, 1.807) is 0 Å². The second-order valence-corrected chi connectivity index (χ2v) is 2.04. The van der Waals surface area contributed by atoms with Crippen molar-refractivity contribution in [3.8, 4) is 0 Å². The van der Waals surface area contributed by atoms with Crippen LogP contribution in [-0.4, -0.2) is 25.2 Å².